The van der Waals surface area contributed by atoms with Crippen LogP contribution in [0.1, 0.15) is 48.7 Å². The maximum atomic E-state index is 12.6. The van der Waals surface area contributed by atoms with Gasteiger partial charge >= 0.3 is 0 Å². The Morgan fingerprint density at radius 2 is 1.96 bits per heavy atom. The molecule has 144 valence electrons. The standard InChI is InChI=1S/C21H27ClN4O/c1-2-26-19(18(22)14-23-26)20(27)24-17-8-12-25(13-9-17)15-21(10-11-21)16-6-4-3-5-7-16/h3-7,14,17H,2,8-13,15H2,1H3,(H,24,27). The summed E-state index contributed by atoms with van der Waals surface area (Å²) in [6.45, 7) is 5.78. The minimum Gasteiger partial charge on any atom is -0.348 e. The fourth-order valence-electron chi connectivity index (χ4n) is 4.23. The van der Waals surface area contributed by atoms with Gasteiger partial charge in [-0.15, -0.1) is 0 Å². The molecule has 1 aliphatic carbocycles. The number of carbonyl (C=O) groups is 1. The number of rotatable bonds is 6. The molecule has 1 saturated heterocycles. The van der Waals surface area contributed by atoms with Crippen LogP contribution in [0.2, 0.25) is 5.02 Å². The third-order valence-corrected chi connectivity index (χ3v) is 6.27. The Hall–Kier alpha value is -1.85. The molecule has 1 N–H and O–H groups in total. The monoisotopic (exact) mass is 386 g/mol. The van der Waals surface area contributed by atoms with Gasteiger partial charge in [-0.3, -0.25) is 9.48 Å². The van der Waals surface area contributed by atoms with Crippen LogP contribution in [0, 0.1) is 0 Å². The highest BCUT2D eigenvalue weighted by Gasteiger charge is 2.45. The van der Waals surface area contributed by atoms with E-state index in [2.05, 4.69) is 45.6 Å². The van der Waals surface area contributed by atoms with Crippen LogP contribution >= 0.6 is 11.6 Å². The third kappa shape index (κ3) is 3.90. The van der Waals surface area contributed by atoms with Gasteiger partial charge in [-0.25, -0.2) is 0 Å². The first-order valence-electron chi connectivity index (χ1n) is 9.91. The maximum Gasteiger partial charge on any atom is 0.271 e. The largest absolute Gasteiger partial charge is 0.348 e. The molecule has 2 fully saturated rings. The lowest BCUT2D eigenvalue weighted by molar-refractivity contribution is 0.0897. The normalized spacial score (nSPS) is 19.8. The van der Waals surface area contributed by atoms with Crippen molar-refractivity contribution in [3.63, 3.8) is 0 Å². The average molecular weight is 387 g/mol. The van der Waals surface area contributed by atoms with E-state index in [4.69, 9.17) is 11.6 Å². The Balaban J connectivity index is 1.31. The Labute approximate surface area is 165 Å². The van der Waals surface area contributed by atoms with Crippen molar-refractivity contribution in [2.24, 2.45) is 0 Å². The van der Waals surface area contributed by atoms with Crippen molar-refractivity contribution in [1.82, 2.24) is 20.0 Å². The van der Waals surface area contributed by atoms with Crippen LogP contribution < -0.4 is 5.32 Å². The van der Waals surface area contributed by atoms with E-state index in [1.807, 2.05) is 6.92 Å². The molecule has 1 aliphatic heterocycles. The van der Waals surface area contributed by atoms with Crippen molar-refractivity contribution in [2.75, 3.05) is 19.6 Å². The van der Waals surface area contributed by atoms with Crippen LogP contribution in [0.5, 0.6) is 0 Å². The van der Waals surface area contributed by atoms with E-state index in [9.17, 15) is 4.79 Å². The summed E-state index contributed by atoms with van der Waals surface area (Å²) in [6, 6.07) is 11.1. The highest BCUT2D eigenvalue weighted by molar-refractivity contribution is 6.33. The summed E-state index contributed by atoms with van der Waals surface area (Å²) in [5.74, 6) is -0.110. The first kappa shape index (κ1) is 18.5. The van der Waals surface area contributed by atoms with Crippen molar-refractivity contribution in [3.8, 4) is 0 Å². The van der Waals surface area contributed by atoms with Gasteiger partial charge in [-0.05, 0) is 38.2 Å². The Morgan fingerprint density at radius 3 is 2.59 bits per heavy atom. The van der Waals surface area contributed by atoms with E-state index in [-0.39, 0.29) is 11.9 Å². The number of hydrogen-bond acceptors (Lipinski definition) is 3. The quantitative estimate of drug-likeness (QED) is 0.826. The second-order valence-electron chi connectivity index (χ2n) is 7.83. The zero-order valence-corrected chi connectivity index (χ0v) is 16.6. The minimum absolute atomic E-state index is 0.110. The van der Waals surface area contributed by atoms with Gasteiger partial charge < -0.3 is 10.2 Å². The third-order valence-electron chi connectivity index (χ3n) is 6.00. The number of nitrogens with zero attached hydrogens (tertiary/aromatic N) is 3. The van der Waals surface area contributed by atoms with Crippen LogP contribution in [0.25, 0.3) is 0 Å². The molecule has 1 aromatic carbocycles. The summed E-state index contributed by atoms with van der Waals surface area (Å²) in [5.41, 5.74) is 2.31. The van der Waals surface area contributed by atoms with Crippen LogP contribution in [-0.2, 0) is 12.0 Å². The highest BCUT2D eigenvalue weighted by Crippen LogP contribution is 2.48. The molecule has 6 heteroatoms. The van der Waals surface area contributed by atoms with E-state index >= 15 is 0 Å². The molecule has 2 aromatic rings. The first-order chi connectivity index (χ1) is 13.1. The van der Waals surface area contributed by atoms with Crippen LogP contribution in [0.3, 0.4) is 0 Å². The predicted octanol–water partition coefficient (Wildman–Crippen LogP) is 3.48. The molecule has 0 bridgehead atoms. The Morgan fingerprint density at radius 1 is 1.26 bits per heavy atom. The maximum absolute atomic E-state index is 12.6. The lowest BCUT2D eigenvalue weighted by Gasteiger charge is -2.35. The molecule has 0 spiro atoms. The summed E-state index contributed by atoms with van der Waals surface area (Å²) in [7, 11) is 0. The van der Waals surface area contributed by atoms with Crippen LogP contribution in [0.15, 0.2) is 36.5 Å². The zero-order chi connectivity index (χ0) is 18.9. The van der Waals surface area contributed by atoms with E-state index in [0.29, 0.717) is 22.7 Å². The predicted molar refractivity (Wildman–Crippen MR) is 107 cm³/mol. The fourth-order valence-corrected chi connectivity index (χ4v) is 4.45. The van der Waals surface area contributed by atoms with E-state index in [1.54, 1.807) is 10.9 Å². The number of amides is 1. The summed E-state index contributed by atoms with van der Waals surface area (Å²) < 4.78 is 1.66. The molecule has 0 unspecified atom stereocenters. The molecule has 2 aliphatic rings. The molecule has 1 aromatic heterocycles. The van der Waals surface area contributed by atoms with Gasteiger partial charge in [-0.1, -0.05) is 41.9 Å². The van der Waals surface area contributed by atoms with Crippen molar-refractivity contribution in [3.05, 3.63) is 52.8 Å². The SMILES string of the molecule is CCn1ncc(Cl)c1C(=O)NC1CCN(CC2(c3ccccc3)CC2)CC1. The van der Waals surface area contributed by atoms with Gasteiger partial charge in [0, 0.05) is 37.6 Å². The number of nitrogens with one attached hydrogen (secondary N) is 1. The lowest BCUT2D eigenvalue weighted by Crippen LogP contribution is -2.46. The average Bonchev–Trinajstić information content (AvgIpc) is 3.38. The smallest absolute Gasteiger partial charge is 0.271 e. The van der Waals surface area contributed by atoms with Crippen LogP contribution in [0.4, 0.5) is 0 Å². The number of piperidine rings is 1. The number of likely N-dealkylation sites (tertiary alicyclic amines) is 1. The molecular weight excluding hydrogens is 360 g/mol. The van der Waals surface area contributed by atoms with Crippen molar-refractivity contribution in [1.29, 1.82) is 0 Å². The molecule has 1 amide bonds. The molecular formula is C21H27ClN4O. The number of benzene rings is 1. The van der Waals surface area contributed by atoms with Gasteiger partial charge in [-0.2, -0.15) is 5.10 Å². The van der Waals surface area contributed by atoms with Gasteiger partial charge in [0.05, 0.1) is 11.2 Å². The Kier molecular flexibility index (Phi) is 5.24. The summed E-state index contributed by atoms with van der Waals surface area (Å²) in [4.78, 5) is 15.2. The van der Waals surface area contributed by atoms with E-state index < -0.39 is 0 Å². The van der Waals surface area contributed by atoms with E-state index in [1.165, 1.54) is 18.4 Å². The summed E-state index contributed by atoms with van der Waals surface area (Å²) >= 11 is 6.14. The second-order valence-corrected chi connectivity index (χ2v) is 8.23. The minimum atomic E-state index is -0.110. The lowest BCUT2D eigenvalue weighted by atomic mass is 9.94. The molecule has 0 radical (unpaired) electrons. The number of aromatic nitrogens is 2. The van der Waals surface area contributed by atoms with Gasteiger partial charge in [0.15, 0.2) is 0 Å². The van der Waals surface area contributed by atoms with Crippen molar-refractivity contribution in [2.45, 2.75) is 50.6 Å². The zero-order valence-electron chi connectivity index (χ0n) is 15.8. The number of halogens is 1. The van der Waals surface area contributed by atoms with Gasteiger partial charge in [0.25, 0.3) is 5.91 Å². The second kappa shape index (κ2) is 7.64. The van der Waals surface area contributed by atoms with Crippen molar-refractivity contribution < 1.29 is 4.79 Å². The van der Waals surface area contributed by atoms with Crippen molar-refractivity contribution >= 4 is 17.5 Å². The molecule has 27 heavy (non-hydrogen) atoms. The summed E-state index contributed by atoms with van der Waals surface area (Å²) in [5, 5.41) is 7.73. The van der Waals surface area contributed by atoms with Crippen LogP contribution in [-0.4, -0.2) is 46.3 Å². The molecule has 1 saturated carbocycles. The highest BCUT2D eigenvalue weighted by atomic mass is 35.5. The molecule has 5 nitrogen and oxygen atoms in total. The number of aryl methyl sites for hydroxylation is 1. The number of carbonyl (C=O) groups excluding carboxylic acids is 1. The molecule has 0 atom stereocenters. The van der Waals surface area contributed by atoms with Gasteiger partial charge in [0.2, 0.25) is 0 Å². The first-order valence-corrected chi connectivity index (χ1v) is 10.3. The van der Waals surface area contributed by atoms with Gasteiger partial charge in [0.1, 0.15) is 5.69 Å². The molecule has 2 heterocycles. The molecule has 4 rings (SSSR count). The topological polar surface area (TPSA) is 50.2 Å². The summed E-state index contributed by atoms with van der Waals surface area (Å²) in [6.07, 6.45) is 6.07. The van der Waals surface area contributed by atoms with E-state index in [0.717, 1.165) is 32.5 Å². The fraction of sp³-hybridized carbons (Fsp3) is 0.524. The Bertz CT molecular complexity index is 792. The number of hydrogen-bond donors (Lipinski definition) is 1.